The van der Waals surface area contributed by atoms with Crippen LogP contribution in [0.5, 0.6) is 0 Å². The Labute approximate surface area is 197 Å². The van der Waals surface area contributed by atoms with E-state index in [1.54, 1.807) is 14.0 Å². The maximum absolute atomic E-state index is 13.6. The summed E-state index contributed by atoms with van der Waals surface area (Å²) in [6.45, 7) is 3.59. The number of aliphatic hydroxyl groups is 4. The summed E-state index contributed by atoms with van der Waals surface area (Å²) in [5.41, 5.74) is -1.22. The van der Waals surface area contributed by atoms with Crippen LogP contribution in [0.15, 0.2) is 18.2 Å². The molecule has 1 aromatic rings. The molecule has 4 rings (SSSR count). The lowest BCUT2D eigenvalue weighted by Gasteiger charge is -2.60. The van der Waals surface area contributed by atoms with Crippen LogP contribution >= 0.6 is 0 Å². The summed E-state index contributed by atoms with van der Waals surface area (Å²) in [7, 11) is 1.64. The van der Waals surface area contributed by atoms with Crippen LogP contribution in [0, 0.1) is 17.6 Å². The van der Waals surface area contributed by atoms with Gasteiger partial charge in [0.1, 0.15) is 17.8 Å². The zero-order valence-corrected chi connectivity index (χ0v) is 19.7. The molecule has 34 heavy (non-hydrogen) atoms. The highest BCUT2D eigenvalue weighted by molar-refractivity contribution is 5.18. The Hall–Kier alpha value is -1.24. The number of nitrogens with one attached hydrogen (secondary N) is 1. The summed E-state index contributed by atoms with van der Waals surface area (Å²) in [6, 6.07) is 2.98. The number of likely N-dealkylation sites (N-methyl/N-ethyl adjacent to an activating group) is 1. The maximum Gasteiger partial charge on any atom is 0.248 e. The van der Waals surface area contributed by atoms with E-state index in [2.05, 4.69) is 5.32 Å². The molecule has 0 amide bonds. The van der Waals surface area contributed by atoms with E-state index in [9.17, 15) is 29.2 Å². The van der Waals surface area contributed by atoms with E-state index >= 15 is 0 Å². The Balaban J connectivity index is 1.56. The highest BCUT2D eigenvalue weighted by Gasteiger charge is 2.68. The number of benzene rings is 1. The summed E-state index contributed by atoms with van der Waals surface area (Å²) in [5, 5.41) is 47.9. The molecule has 2 heterocycles. The first-order valence-corrected chi connectivity index (χ1v) is 12.0. The molecule has 1 aromatic carbocycles. The van der Waals surface area contributed by atoms with E-state index in [-0.39, 0.29) is 12.8 Å². The van der Waals surface area contributed by atoms with Crippen molar-refractivity contribution in [3.63, 3.8) is 0 Å². The van der Waals surface area contributed by atoms with Gasteiger partial charge in [0.15, 0.2) is 11.6 Å². The van der Waals surface area contributed by atoms with Gasteiger partial charge in [-0.05, 0) is 57.4 Å². The number of hydrogen-bond acceptors (Lipinski definition) is 8. The second-order valence-corrected chi connectivity index (χ2v) is 9.86. The van der Waals surface area contributed by atoms with Gasteiger partial charge in [-0.2, -0.15) is 0 Å². The molecule has 0 radical (unpaired) electrons. The fourth-order valence-electron chi connectivity index (χ4n) is 5.81. The van der Waals surface area contributed by atoms with E-state index in [0.717, 1.165) is 12.1 Å². The molecule has 10 atom stereocenters. The van der Waals surface area contributed by atoms with Gasteiger partial charge in [0.25, 0.3) is 0 Å². The lowest BCUT2D eigenvalue weighted by atomic mass is 9.73. The molecule has 0 unspecified atom stereocenters. The molecule has 2 saturated heterocycles. The van der Waals surface area contributed by atoms with Gasteiger partial charge in [0.05, 0.1) is 24.4 Å². The summed E-state index contributed by atoms with van der Waals surface area (Å²) >= 11 is 0. The minimum Gasteiger partial charge on any atom is -0.391 e. The summed E-state index contributed by atoms with van der Waals surface area (Å²) in [4.78, 5) is 0. The van der Waals surface area contributed by atoms with Crippen LogP contribution in [-0.4, -0.2) is 81.7 Å². The highest BCUT2D eigenvalue weighted by Crippen LogP contribution is 2.49. The topological polar surface area (TPSA) is 121 Å². The molecule has 192 valence electrons. The van der Waals surface area contributed by atoms with Crippen LogP contribution in [-0.2, 0) is 20.6 Å². The van der Waals surface area contributed by atoms with Crippen LogP contribution in [0.25, 0.3) is 0 Å². The number of halogens is 2. The normalized spacial score (nSPS) is 44.4. The minimum absolute atomic E-state index is 0.0471. The van der Waals surface area contributed by atoms with E-state index in [1.807, 2.05) is 6.92 Å². The quantitative estimate of drug-likeness (QED) is 0.403. The Bertz CT molecular complexity index is 878. The smallest absolute Gasteiger partial charge is 0.248 e. The summed E-state index contributed by atoms with van der Waals surface area (Å²) < 4.78 is 44.7. The first-order chi connectivity index (χ1) is 16.0. The second-order valence-electron chi connectivity index (χ2n) is 9.86. The monoisotopic (exact) mass is 487 g/mol. The number of rotatable bonds is 6. The molecule has 8 nitrogen and oxygen atoms in total. The summed E-state index contributed by atoms with van der Waals surface area (Å²) in [5.74, 6) is -4.60. The number of ether oxygens (including phenoxy) is 3. The standard InChI is InChI=1S/C24H35F2NO7/c1-4-14-18(28)17(27-3)20-21(19(14)29)33-22-24(31,34-20)23(30,11-12(2)32-22)9-5-6-13-7-8-15(25)16(26)10-13/h7-8,10,12,14,17-22,27-31H,4-6,9,11H2,1-3H3/t12-,14-,17+,18+,19+,20-,21-,22+,23+,24-/m1/s1. The van der Waals surface area contributed by atoms with E-state index in [1.165, 1.54) is 6.07 Å². The number of aliphatic hydroxyl groups excluding tert-OH is 2. The van der Waals surface area contributed by atoms with Crippen molar-refractivity contribution in [1.82, 2.24) is 5.32 Å². The van der Waals surface area contributed by atoms with E-state index in [0.29, 0.717) is 24.8 Å². The Kier molecular flexibility index (Phi) is 7.35. The molecule has 3 aliphatic rings. The molecule has 5 N–H and O–H groups in total. The fourth-order valence-corrected chi connectivity index (χ4v) is 5.81. The van der Waals surface area contributed by atoms with Crippen LogP contribution in [0.2, 0.25) is 0 Å². The second kappa shape index (κ2) is 9.67. The van der Waals surface area contributed by atoms with Crippen molar-refractivity contribution in [3.8, 4) is 0 Å². The maximum atomic E-state index is 13.6. The number of fused-ring (bicyclic) bond motifs is 2. The largest absolute Gasteiger partial charge is 0.391 e. The van der Waals surface area contributed by atoms with Crippen molar-refractivity contribution in [2.75, 3.05) is 7.05 Å². The van der Waals surface area contributed by atoms with Gasteiger partial charge in [0.2, 0.25) is 12.1 Å². The molecule has 2 aliphatic heterocycles. The molecular weight excluding hydrogens is 452 g/mol. The van der Waals surface area contributed by atoms with Crippen molar-refractivity contribution < 1.29 is 43.4 Å². The fraction of sp³-hybridized carbons (Fsp3) is 0.750. The highest BCUT2D eigenvalue weighted by atomic mass is 19.2. The van der Waals surface area contributed by atoms with Crippen LogP contribution in [0.3, 0.4) is 0 Å². The molecular formula is C24H35F2NO7. The van der Waals surface area contributed by atoms with Crippen LogP contribution < -0.4 is 5.32 Å². The first-order valence-electron chi connectivity index (χ1n) is 12.0. The zero-order valence-electron chi connectivity index (χ0n) is 19.7. The van der Waals surface area contributed by atoms with Gasteiger partial charge in [-0.25, -0.2) is 8.78 Å². The molecule has 1 saturated carbocycles. The van der Waals surface area contributed by atoms with Crippen molar-refractivity contribution >= 4 is 0 Å². The van der Waals surface area contributed by atoms with Crippen molar-refractivity contribution in [1.29, 1.82) is 0 Å². The van der Waals surface area contributed by atoms with Gasteiger partial charge in [-0.1, -0.05) is 13.0 Å². The molecule has 1 aliphatic carbocycles. The van der Waals surface area contributed by atoms with Crippen LogP contribution in [0.1, 0.15) is 45.1 Å². The zero-order chi connectivity index (χ0) is 24.8. The van der Waals surface area contributed by atoms with Gasteiger partial charge in [-0.3, -0.25) is 0 Å². The van der Waals surface area contributed by atoms with Gasteiger partial charge >= 0.3 is 0 Å². The van der Waals surface area contributed by atoms with Gasteiger partial charge < -0.3 is 40.0 Å². The molecule has 0 aromatic heterocycles. The van der Waals surface area contributed by atoms with Gasteiger partial charge in [-0.15, -0.1) is 0 Å². The lowest BCUT2D eigenvalue weighted by Crippen LogP contribution is -2.78. The molecule has 0 bridgehead atoms. The minimum atomic E-state index is -2.26. The predicted octanol–water partition coefficient (Wildman–Crippen LogP) is 0.976. The van der Waals surface area contributed by atoms with Crippen molar-refractivity contribution in [2.24, 2.45) is 5.92 Å². The third kappa shape index (κ3) is 4.28. The van der Waals surface area contributed by atoms with Crippen molar-refractivity contribution in [2.45, 2.75) is 100 Å². The summed E-state index contributed by atoms with van der Waals surface area (Å²) in [6.07, 6.45) is -4.36. The average molecular weight is 488 g/mol. The third-order valence-electron chi connectivity index (χ3n) is 7.67. The van der Waals surface area contributed by atoms with Crippen molar-refractivity contribution in [3.05, 3.63) is 35.4 Å². The SMILES string of the molecule is CC[C@@H]1[C@H](O)[C@H](NC)[C@H]2O[C@]3(O)[C@H](O[C@@H]2[C@H]1O)O[C@H](C)C[C@@]3(O)CCCc1ccc(F)c(F)c1. The lowest BCUT2D eigenvalue weighted by molar-refractivity contribution is -0.485. The van der Waals surface area contributed by atoms with E-state index in [4.69, 9.17) is 14.2 Å². The van der Waals surface area contributed by atoms with Gasteiger partial charge in [0, 0.05) is 12.3 Å². The van der Waals surface area contributed by atoms with Crippen LogP contribution in [0.4, 0.5) is 8.78 Å². The van der Waals surface area contributed by atoms with E-state index < -0.39 is 71.8 Å². The molecule has 10 heteroatoms. The average Bonchev–Trinajstić information content (AvgIpc) is 2.77. The Morgan fingerprint density at radius 2 is 1.82 bits per heavy atom. The molecule has 0 spiro atoms. The Morgan fingerprint density at radius 1 is 1.09 bits per heavy atom. The molecule has 3 fully saturated rings. The number of hydrogen-bond donors (Lipinski definition) is 5. The Morgan fingerprint density at radius 3 is 2.47 bits per heavy atom. The predicted molar refractivity (Wildman–Crippen MR) is 117 cm³/mol. The third-order valence-corrected chi connectivity index (χ3v) is 7.67. The first kappa shape index (κ1) is 25.8. The number of aryl methyl sites for hydroxylation is 1.